The SMILES string of the molecule is CCOc1cccc(-n2cc(C(=O)N3CCN(c4cc(C(=O)OC)c5ccccc5c4)C[C@@H]3COCC(=O)NC)nc2-c2ccc(C)cc2)c1. The lowest BCUT2D eigenvalue weighted by Gasteiger charge is -2.42. The quantitative estimate of drug-likeness (QED) is 0.188. The molecule has 0 spiro atoms. The fraction of sp³-hybridized carbons (Fsp3) is 0.282. The minimum absolute atomic E-state index is 0.120. The zero-order chi connectivity index (χ0) is 35.2. The molecule has 0 bridgehead atoms. The van der Waals surface area contributed by atoms with E-state index in [-0.39, 0.29) is 30.7 Å². The molecule has 4 aromatic carbocycles. The summed E-state index contributed by atoms with van der Waals surface area (Å²) in [5.41, 5.74) is 4.37. The molecule has 6 rings (SSSR count). The Balaban J connectivity index is 1.34. The fourth-order valence-electron chi connectivity index (χ4n) is 6.24. The molecule has 1 N–H and O–H groups in total. The van der Waals surface area contributed by atoms with Crippen LogP contribution < -0.4 is 15.0 Å². The van der Waals surface area contributed by atoms with Crippen LogP contribution in [0.15, 0.2) is 91.1 Å². The summed E-state index contributed by atoms with van der Waals surface area (Å²) < 4.78 is 18.6. The van der Waals surface area contributed by atoms with Gasteiger partial charge in [0.05, 0.1) is 37.6 Å². The lowest BCUT2D eigenvalue weighted by atomic mass is 10.0. The van der Waals surface area contributed by atoms with Gasteiger partial charge in [-0.05, 0) is 48.9 Å². The second kappa shape index (κ2) is 15.3. The van der Waals surface area contributed by atoms with E-state index in [1.165, 1.54) is 7.11 Å². The first kappa shape index (κ1) is 34.2. The van der Waals surface area contributed by atoms with E-state index >= 15 is 0 Å². The Labute approximate surface area is 291 Å². The minimum atomic E-state index is -0.428. The molecule has 2 amide bonds. The Morgan fingerprint density at radius 3 is 2.50 bits per heavy atom. The van der Waals surface area contributed by atoms with Gasteiger partial charge in [-0.3, -0.25) is 14.2 Å². The average molecular weight is 676 g/mol. The number of fused-ring (bicyclic) bond motifs is 1. The first-order chi connectivity index (χ1) is 24.3. The molecule has 258 valence electrons. The molecule has 1 aliphatic heterocycles. The minimum Gasteiger partial charge on any atom is -0.494 e. The van der Waals surface area contributed by atoms with Crippen LogP contribution in [0.3, 0.4) is 0 Å². The number of carbonyl (C=O) groups is 3. The molecule has 50 heavy (non-hydrogen) atoms. The number of nitrogens with zero attached hydrogens (tertiary/aromatic N) is 4. The van der Waals surface area contributed by atoms with Crippen LogP contribution >= 0.6 is 0 Å². The summed E-state index contributed by atoms with van der Waals surface area (Å²) in [5, 5.41) is 4.27. The lowest BCUT2D eigenvalue weighted by Crippen LogP contribution is -2.57. The van der Waals surface area contributed by atoms with Crippen molar-refractivity contribution < 1.29 is 28.6 Å². The number of benzene rings is 4. The highest BCUT2D eigenvalue weighted by Gasteiger charge is 2.34. The maximum Gasteiger partial charge on any atom is 0.338 e. The Bertz CT molecular complexity index is 2010. The number of likely N-dealkylation sites (N-methyl/N-ethyl adjacent to an activating group) is 1. The van der Waals surface area contributed by atoms with Crippen LogP contribution in [-0.4, -0.2) is 91.9 Å². The van der Waals surface area contributed by atoms with Gasteiger partial charge < -0.3 is 29.3 Å². The smallest absolute Gasteiger partial charge is 0.338 e. The van der Waals surface area contributed by atoms with E-state index in [0.29, 0.717) is 37.6 Å². The monoisotopic (exact) mass is 675 g/mol. The van der Waals surface area contributed by atoms with Gasteiger partial charge in [0.15, 0.2) is 0 Å². The zero-order valence-electron chi connectivity index (χ0n) is 28.7. The summed E-state index contributed by atoms with van der Waals surface area (Å²) in [6.07, 6.45) is 1.77. The number of methoxy groups -OCH3 is 1. The fourth-order valence-corrected chi connectivity index (χ4v) is 6.24. The first-order valence-electron chi connectivity index (χ1n) is 16.6. The van der Waals surface area contributed by atoms with Crippen molar-refractivity contribution >= 4 is 34.2 Å². The number of amides is 2. The van der Waals surface area contributed by atoms with Gasteiger partial charge in [0, 0.05) is 50.2 Å². The molecule has 1 atom stereocenters. The average Bonchev–Trinajstić information content (AvgIpc) is 3.60. The standard InChI is InChI=1S/C39H41N5O6/c1-5-50-32-11-8-10-29(20-32)44-23-35(41-37(44)27-15-13-26(2)14-16-27)38(46)43-18-17-42(22-31(43)24-49-25-36(45)40-3)30-19-28-9-6-7-12-33(28)34(21-30)39(47)48-4/h6-16,19-21,23,31H,5,17-18,22,24-25H2,1-4H3,(H,40,45)/t31-/m1/s1. The molecule has 0 aliphatic carbocycles. The van der Waals surface area contributed by atoms with E-state index in [0.717, 1.165) is 39.0 Å². The number of aryl methyl sites for hydroxylation is 1. The van der Waals surface area contributed by atoms with Crippen LogP contribution in [0, 0.1) is 6.92 Å². The highest BCUT2D eigenvalue weighted by molar-refractivity contribution is 6.06. The highest BCUT2D eigenvalue weighted by atomic mass is 16.5. The van der Waals surface area contributed by atoms with Crippen molar-refractivity contribution in [3.63, 3.8) is 0 Å². The molecule has 1 aromatic heterocycles. The number of rotatable bonds is 11. The Morgan fingerprint density at radius 2 is 1.74 bits per heavy atom. The summed E-state index contributed by atoms with van der Waals surface area (Å²) >= 11 is 0. The molecule has 1 aliphatic rings. The summed E-state index contributed by atoms with van der Waals surface area (Å²) in [7, 11) is 2.92. The van der Waals surface area contributed by atoms with Crippen LogP contribution in [0.1, 0.15) is 33.3 Å². The number of nitrogens with one attached hydrogen (secondary N) is 1. The van der Waals surface area contributed by atoms with E-state index in [1.54, 1.807) is 18.1 Å². The molecule has 5 aromatic rings. The van der Waals surface area contributed by atoms with E-state index in [4.69, 9.17) is 19.2 Å². The van der Waals surface area contributed by atoms with E-state index < -0.39 is 12.0 Å². The maximum absolute atomic E-state index is 14.4. The van der Waals surface area contributed by atoms with Crippen molar-refractivity contribution in [3.05, 3.63) is 108 Å². The molecule has 0 radical (unpaired) electrons. The normalized spacial score (nSPS) is 14.4. The molecule has 0 unspecified atom stereocenters. The molecule has 1 saturated heterocycles. The summed E-state index contributed by atoms with van der Waals surface area (Å²) in [4.78, 5) is 48.1. The second-order valence-corrected chi connectivity index (χ2v) is 12.1. The van der Waals surface area contributed by atoms with Crippen LogP contribution in [-0.2, 0) is 14.3 Å². The number of esters is 1. The lowest BCUT2D eigenvalue weighted by molar-refractivity contribution is -0.125. The number of hydrogen-bond acceptors (Lipinski definition) is 8. The predicted octanol–water partition coefficient (Wildman–Crippen LogP) is 5.28. The number of hydrogen-bond donors (Lipinski definition) is 1. The zero-order valence-corrected chi connectivity index (χ0v) is 28.7. The number of piperazine rings is 1. The molecular formula is C39H41N5O6. The van der Waals surface area contributed by atoms with Gasteiger partial charge in [-0.1, -0.05) is 60.2 Å². The van der Waals surface area contributed by atoms with Crippen molar-refractivity contribution in [2.75, 3.05) is 58.5 Å². The largest absolute Gasteiger partial charge is 0.494 e. The third-order valence-electron chi connectivity index (χ3n) is 8.82. The van der Waals surface area contributed by atoms with Crippen LogP contribution in [0.2, 0.25) is 0 Å². The summed E-state index contributed by atoms with van der Waals surface area (Å²) in [6.45, 7) is 5.73. The first-order valence-corrected chi connectivity index (χ1v) is 16.6. The maximum atomic E-state index is 14.4. The van der Waals surface area contributed by atoms with Gasteiger partial charge in [-0.2, -0.15) is 0 Å². The number of anilines is 1. The van der Waals surface area contributed by atoms with E-state index in [2.05, 4.69) is 10.2 Å². The van der Waals surface area contributed by atoms with Gasteiger partial charge in [0.1, 0.15) is 23.9 Å². The molecule has 0 saturated carbocycles. The predicted molar refractivity (Wildman–Crippen MR) is 192 cm³/mol. The number of imidazole rings is 1. The third kappa shape index (κ3) is 7.32. The number of ether oxygens (including phenoxy) is 3. The Morgan fingerprint density at radius 1 is 0.940 bits per heavy atom. The van der Waals surface area contributed by atoms with Crippen molar-refractivity contribution in [1.82, 2.24) is 19.8 Å². The van der Waals surface area contributed by atoms with Gasteiger partial charge in [0.2, 0.25) is 5.91 Å². The molecule has 11 heteroatoms. The molecule has 2 heterocycles. The van der Waals surface area contributed by atoms with E-state index in [1.807, 2.05) is 103 Å². The highest BCUT2D eigenvalue weighted by Crippen LogP contribution is 2.30. The molecular weight excluding hydrogens is 634 g/mol. The Hall–Kier alpha value is -5.68. The van der Waals surface area contributed by atoms with Crippen molar-refractivity contribution in [2.24, 2.45) is 0 Å². The second-order valence-electron chi connectivity index (χ2n) is 12.1. The molecule has 11 nitrogen and oxygen atoms in total. The van der Waals surface area contributed by atoms with Gasteiger partial charge in [-0.25, -0.2) is 9.78 Å². The van der Waals surface area contributed by atoms with Crippen molar-refractivity contribution in [2.45, 2.75) is 19.9 Å². The van der Waals surface area contributed by atoms with Crippen molar-refractivity contribution in [1.29, 1.82) is 0 Å². The van der Waals surface area contributed by atoms with Gasteiger partial charge in [-0.15, -0.1) is 0 Å². The van der Waals surface area contributed by atoms with Gasteiger partial charge >= 0.3 is 5.97 Å². The molecule has 1 fully saturated rings. The van der Waals surface area contributed by atoms with Gasteiger partial charge in [0.25, 0.3) is 5.91 Å². The van der Waals surface area contributed by atoms with E-state index in [9.17, 15) is 14.4 Å². The summed E-state index contributed by atoms with van der Waals surface area (Å²) in [5.74, 6) is 0.409. The van der Waals surface area contributed by atoms with Crippen molar-refractivity contribution in [3.8, 4) is 22.8 Å². The Kier molecular flexibility index (Phi) is 10.4. The van der Waals surface area contributed by atoms with Crippen LogP contribution in [0.5, 0.6) is 5.75 Å². The van der Waals surface area contributed by atoms with Crippen LogP contribution in [0.4, 0.5) is 5.69 Å². The number of carbonyl (C=O) groups excluding carboxylic acids is 3. The number of aromatic nitrogens is 2. The summed E-state index contributed by atoms with van der Waals surface area (Å²) in [6, 6.07) is 26.8. The third-order valence-corrected chi connectivity index (χ3v) is 8.82. The van der Waals surface area contributed by atoms with Crippen LogP contribution in [0.25, 0.3) is 27.8 Å². The topological polar surface area (TPSA) is 115 Å².